The Kier molecular flexibility index (Phi) is 4.45. The van der Waals surface area contributed by atoms with Crippen molar-refractivity contribution in [1.82, 2.24) is 4.90 Å². The van der Waals surface area contributed by atoms with Crippen LogP contribution in [0.3, 0.4) is 0 Å². The standard InChI is InChI=1S/C16H23NO4/c1-19-14-4-2-3-13(7-14)15-8-17(5-6-21-15)9-16(10-18)11-20-12-16/h2-4,7,15,18H,5-6,8-12H2,1H3. The van der Waals surface area contributed by atoms with Crippen LogP contribution < -0.4 is 4.74 Å². The molecule has 2 aliphatic heterocycles. The molecule has 0 spiro atoms. The third kappa shape index (κ3) is 3.21. The molecule has 21 heavy (non-hydrogen) atoms. The van der Waals surface area contributed by atoms with Crippen molar-refractivity contribution >= 4 is 0 Å². The van der Waals surface area contributed by atoms with Crippen LogP contribution in [-0.2, 0) is 9.47 Å². The number of aliphatic hydroxyl groups excluding tert-OH is 1. The van der Waals surface area contributed by atoms with E-state index in [1.54, 1.807) is 7.11 Å². The SMILES string of the molecule is COc1cccc(C2CN(CC3(CO)COC3)CCO2)c1. The highest BCUT2D eigenvalue weighted by Crippen LogP contribution is 2.31. The van der Waals surface area contributed by atoms with Gasteiger partial charge in [-0.3, -0.25) is 4.90 Å². The fourth-order valence-electron chi connectivity index (χ4n) is 2.99. The number of benzene rings is 1. The van der Waals surface area contributed by atoms with Crippen LogP contribution in [0.25, 0.3) is 0 Å². The van der Waals surface area contributed by atoms with Crippen molar-refractivity contribution in [3.63, 3.8) is 0 Å². The highest BCUT2D eigenvalue weighted by atomic mass is 16.5. The largest absolute Gasteiger partial charge is 0.497 e. The number of hydrogen-bond acceptors (Lipinski definition) is 5. The molecule has 3 rings (SSSR count). The van der Waals surface area contributed by atoms with Gasteiger partial charge in [0.15, 0.2) is 0 Å². The number of nitrogens with zero attached hydrogens (tertiary/aromatic N) is 1. The average molecular weight is 293 g/mol. The van der Waals surface area contributed by atoms with Gasteiger partial charge in [0.25, 0.3) is 0 Å². The van der Waals surface area contributed by atoms with Crippen LogP contribution in [0.5, 0.6) is 5.75 Å². The molecule has 0 aromatic heterocycles. The topological polar surface area (TPSA) is 51.2 Å². The summed E-state index contributed by atoms with van der Waals surface area (Å²) in [5, 5.41) is 9.56. The van der Waals surface area contributed by atoms with Crippen LogP contribution in [0.4, 0.5) is 0 Å². The van der Waals surface area contributed by atoms with Crippen molar-refractivity contribution in [1.29, 1.82) is 0 Å². The Bertz CT molecular complexity index is 470. The maximum Gasteiger partial charge on any atom is 0.119 e. The monoisotopic (exact) mass is 293 g/mol. The molecule has 1 aromatic carbocycles. The second-order valence-corrected chi connectivity index (χ2v) is 6.02. The van der Waals surface area contributed by atoms with Crippen LogP contribution in [0.1, 0.15) is 11.7 Å². The molecular formula is C16H23NO4. The Morgan fingerprint density at radius 1 is 1.43 bits per heavy atom. The Balaban J connectivity index is 1.65. The minimum absolute atomic E-state index is 0.0607. The first-order chi connectivity index (χ1) is 10.2. The van der Waals surface area contributed by atoms with E-state index in [2.05, 4.69) is 11.0 Å². The van der Waals surface area contributed by atoms with E-state index in [9.17, 15) is 5.11 Å². The molecule has 0 radical (unpaired) electrons. The lowest BCUT2D eigenvalue weighted by atomic mass is 9.86. The van der Waals surface area contributed by atoms with Gasteiger partial charge < -0.3 is 19.3 Å². The van der Waals surface area contributed by atoms with Crippen LogP contribution in [-0.4, -0.2) is 63.2 Å². The van der Waals surface area contributed by atoms with Gasteiger partial charge >= 0.3 is 0 Å². The Morgan fingerprint density at radius 3 is 2.95 bits per heavy atom. The van der Waals surface area contributed by atoms with Crippen molar-refractivity contribution in [2.24, 2.45) is 5.41 Å². The zero-order valence-corrected chi connectivity index (χ0v) is 12.5. The first-order valence-electron chi connectivity index (χ1n) is 7.41. The first-order valence-corrected chi connectivity index (χ1v) is 7.41. The first kappa shape index (κ1) is 14.8. The number of methoxy groups -OCH3 is 1. The van der Waals surface area contributed by atoms with Crippen LogP contribution in [0.15, 0.2) is 24.3 Å². The number of rotatable bonds is 5. The molecule has 0 aliphatic carbocycles. The predicted octanol–water partition coefficient (Wildman–Crippen LogP) is 1.08. The molecule has 1 aromatic rings. The lowest BCUT2D eigenvalue weighted by Gasteiger charge is -2.45. The molecule has 0 amide bonds. The van der Waals surface area contributed by atoms with Crippen molar-refractivity contribution in [2.75, 3.05) is 53.2 Å². The molecule has 1 unspecified atom stereocenters. The Morgan fingerprint density at radius 2 is 2.29 bits per heavy atom. The van der Waals surface area contributed by atoms with Crippen molar-refractivity contribution in [3.05, 3.63) is 29.8 Å². The highest BCUT2D eigenvalue weighted by Gasteiger charge is 2.40. The van der Waals surface area contributed by atoms with Gasteiger partial charge in [0.2, 0.25) is 0 Å². The van der Waals surface area contributed by atoms with Gasteiger partial charge in [0.05, 0.1) is 45.1 Å². The average Bonchev–Trinajstić information content (AvgIpc) is 2.51. The van der Waals surface area contributed by atoms with Gasteiger partial charge in [-0.1, -0.05) is 12.1 Å². The van der Waals surface area contributed by atoms with Gasteiger partial charge in [-0.05, 0) is 17.7 Å². The van der Waals surface area contributed by atoms with Crippen LogP contribution in [0, 0.1) is 5.41 Å². The van der Waals surface area contributed by atoms with Gasteiger partial charge in [-0.15, -0.1) is 0 Å². The zero-order chi connectivity index (χ0) is 14.7. The predicted molar refractivity (Wildman–Crippen MR) is 78.5 cm³/mol. The van der Waals surface area contributed by atoms with E-state index in [-0.39, 0.29) is 18.1 Å². The lowest BCUT2D eigenvalue weighted by Crippen LogP contribution is -2.55. The van der Waals surface area contributed by atoms with Crippen LogP contribution in [0.2, 0.25) is 0 Å². The van der Waals surface area contributed by atoms with Gasteiger partial charge in [-0.2, -0.15) is 0 Å². The second kappa shape index (κ2) is 6.32. The smallest absolute Gasteiger partial charge is 0.119 e. The van der Waals surface area contributed by atoms with E-state index in [1.807, 2.05) is 18.2 Å². The summed E-state index contributed by atoms with van der Waals surface area (Å²) >= 11 is 0. The van der Waals surface area contributed by atoms with Gasteiger partial charge in [-0.25, -0.2) is 0 Å². The molecule has 5 heteroatoms. The normalized spacial score (nSPS) is 25.3. The fraction of sp³-hybridized carbons (Fsp3) is 0.625. The molecule has 2 aliphatic rings. The molecule has 2 saturated heterocycles. The van der Waals surface area contributed by atoms with E-state index in [0.29, 0.717) is 19.8 Å². The van der Waals surface area contributed by atoms with Gasteiger partial charge in [0.1, 0.15) is 5.75 Å². The zero-order valence-electron chi connectivity index (χ0n) is 12.5. The molecular weight excluding hydrogens is 270 g/mol. The summed E-state index contributed by atoms with van der Waals surface area (Å²) in [5.74, 6) is 0.854. The molecule has 1 N–H and O–H groups in total. The Hall–Kier alpha value is -1.14. The maximum absolute atomic E-state index is 9.56. The van der Waals surface area contributed by atoms with E-state index in [1.165, 1.54) is 0 Å². The summed E-state index contributed by atoms with van der Waals surface area (Å²) in [6, 6.07) is 8.04. The summed E-state index contributed by atoms with van der Waals surface area (Å²) in [7, 11) is 1.68. The summed E-state index contributed by atoms with van der Waals surface area (Å²) in [6.07, 6.45) is 0.0607. The number of morpholine rings is 1. The van der Waals surface area contributed by atoms with E-state index in [4.69, 9.17) is 14.2 Å². The molecule has 2 heterocycles. The Labute approximate surface area is 125 Å². The molecule has 5 nitrogen and oxygen atoms in total. The highest BCUT2D eigenvalue weighted by molar-refractivity contribution is 5.30. The van der Waals surface area contributed by atoms with Gasteiger partial charge in [0, 0.05) is 19.6 Å². The van der Waals surface area contributed by atoms with Crippen molar-refractivity contribution < 1.29 is 19.3 Å². The molecule has 2 fully saturated rings. The number of ether oxygens (including phenoxy) is 3. The fourth-order valence-corrected chi connectivity index (χ4v) is 2.99. The molecule has 116 valence electrons. The quantitative estimate of drug-likeness (QED) is 0.880. The molecule has 0 saturated carbocycles. The van der Waals surface area contributed by atoms with E-state index < -0.39 is 0 Å². The van der Waals surface area contributed by atoms with Crippen molar-refractivity contribution in [2.45, 2.75) is 6.10 Å². The number of aliphatic hydroxyl groups is 1. The second-order valence-electron chi connectivity index (χ2n) is 6.02. The molecule has 1 atom stereocenters. The van der Waals surface area contributed by atoms with Crippen LogP contribution >= 0.6 is 0 Å². The summed E-state index contributed by atoms with van der Waals surface area (Å²) in [5.41, 5.74) is 1.07. The summed E-state index contributed by atoms with van der Waals surface area (Å²) < 4.78 is 16.5. The lowest BCUT2D eigenvalue weighted by molar-refractivity contribution is -0.158. The van der Waals surface area contributed by atoms with Crippen molar-refractivity contribution in [3.8, 4) is 5.75 Å². The number of hydrogen-bond donors (Lipinski definition) is 1. The third-order valence-corrected chi connectivity index (χ3v) is 4.33. The summed E-state index contributed by atoms with van der Waals surface area (Å²) in [6.45, 7) is 4.83. The summed E-state index contributed by atoms with van der Waals surface area (Å²) in [4.78, 5) is 2.37. The molecule has 0 bridgehead atoms. The minimum atomic E-state index is -0.0731. The maximum atomic E-state index is 9.56. The van der Waals surface area contributed by atoms with E-state index in [0.717, 1.165) is 30.9 Å². The van der Waals surface area contributed by atoms with E-state index >= 15 is 0 Å². The third-order valence-electron chi connectivity index (χ3n) is 4.33. The minimum Gasteiger partial charge on any atom is -0.497 e.